The van der Waals surface area contributed by atoms with Crippen molar-refractivity contribution in [2.75, 3.05) is 59.9 Å². The molecule has 2 fully saturated rings. The molecule has 0 unspecified atom stereocenters. The summed E-state index contributed by atoms with van der Waals surface area (Å²) in [6.07, 6.45) is -0.363. The molecule has 2 aliphatic rings. The number of amides is 1. The van der Waals surface area contributed by atoms with E-state index in [2.05, 4.69) is 0 Å². The van der Waals surface area contributed by atoms with Crippen molar-refractivity contribution < 1.29 is 32.2 Å². The monoisotopic (exact) mass is 414 g/mol. The van der Waals surface area contributed by atoms with Crippen molar-refractivity contribution in [2.45, 2.75) is 12.1 Å². The molecule has 9 nitrogen and oxygen atoms in total. The standard InChI is InChI=1S/C18H26N2O7S/c1-24-7-6-20-14-11-19(12-17(14)27-8-9-28(20,22)23)18(21)13-4-5-15(25-2)16(10-13)26-3/h4-5,10,14,17H,6-9,11-12H2,1-3H3/t14-,17+/m1/s1. The summed E-state index contributed by atoms with van der Waals surface area (Å²) >= 11 is 0. The Morgan fingerprint density at radius 1 is 1.18 bits per heavy atom. The Hall–Kier alpha value is -1.88. The molecule has 0 saturated carbocycles. The number of nitrogens with zero attached hydrogens (tertiary/aromatic N) is 2. The fraction of sp³-hybridized carbons (Fsp3) is 0.611. The molecule has 1 amide bonds. The van der Waals surface area contributed by atoms with E-state index in [9.17, 15) is 13.2 Å². The van der Waals surface area contributed by atoms with Crippen molar-refractivity contribution in [2.24, 2.45) is 0 Å². The average molecular weight is 414 g/mol. The van der Waals surface area contributed by atoms with Crippen LogP contribution in [0.5, 0.6) is 11.5 Å². The number of methoxy groups -OCH3 is 3. The molecule has 10 heteroatoms. The summed E-state index contributed by atoms with van der Waals surface area (Å²) in [5.41, 5.74) is 0.445. The Bertz CT molecular complexity index is 814. The molecule has 0 bridgehead atoms. The van der Waals surface area contributed by atoms with Crippen LogP contribution in [-0.2, 0) is 19.5 Å². The second-order valence-electron chi connectivity index (χ2n) is 6.68. The van der Waals surface area contributed by atoms with Crippen LogP contribution in [0.4, 0.5) is 0 Å². The van der Waals surface area contributed by atoms with Gasteiger partial charge in [-0.15, -0.1) is 0 Å². The average Bonchev–Trinajstić information content (AvgIpc) is 3.05. The van der Waals surface area contributed by atoms with E-state index in [1.807, 2.05) is 0 Å². The molecular formula is C18H26N2O7S. The van der Waals surface area contributed by atoms with E-state index >= 15 is 0 Å². The van der Waals surface area contributed by atoms with Crippen LogP contribution in [0.1, 0.15) is 10.4 Å². The van der Waals surface area contributed by atoms with Gasteiger partial charge < -0.3 is 23.8 Å². The van der Waals surface area contributed by atoms with Crippen molar-refractivity contribution >= 4 is 15.9 Å². The van der Waals surface area contributed by atoms with Crippen LogP contribution in [-0.4, -0.2) is 95.6 Å². The van der Waals surface area contributed by atoms with Crippen LogP contribution in [0.25, 0.3) is 0 Å². The van der Waals surface area contributed by atoms with E-state index in [-0.39, 0.29) is 44.1 Å². The fourth-order valence-electron chi connectivity index (χ4n) is 3.63. The van der Waals surface area contributed by atoms with Gasteiger partial charge in [0.1, 0.15) is 0 Å². The number of carbonyl (C=O) groups excluding carboxylic acids is 1. The minimum atomic E-state index is -3.47. The van der Waals surface area contributed by atoms with Gasteiger partial charge in [0.15, 0.2) is 11.5 Å². The summed E-state index contributed by atoms with van der Waals surface area (Å²) in [4.78, 5) is 14.6. The van der Waals surface area contributed by atoms with Gasteiger partial charge in [0.25, 0.3) is 5.91 Å². The van der Waals surface area contributed by atoms with Gasteiger partial charge in [-0.2, -0.15) is 4.31 Å². The zero-order valence-electron chi connectivity index (χ0n) is 16.3. The smallest absolute Gasteiger partial charge is 0.254 e. The number of likely N-dealkylation sites (tertiary alicyclic amines) is 1. The number of ether oxygens (including phenoxy) is 4. The second-order valence-corrected chi connectivity index (χ2v) is 8.72. The zero-order chi connectivity index (χ0) is 20.3. The molecule has 2 saturated heterocycles. The first-order chi connectivity index (χ1) is 13.4. The van der Waals surface area contributed by atoms with Crippen LogP contribution in [0.15, 0.2) is 18.2 Å². The Balaban J connectivity index is 1.81. The predicted octanol–water partition coefficient (Wildman–Crippen LogP) is 0.205. The van der Waals surface area contributed by atoms with Gasteiger partial charge in [-0.1, -0.05) is 0 Å². The number of fused-ring (bicyclic) bond motifs is 1. The molecule has 2 aliphatic heterocycles. The molecule has 0 aromatic heterocycles. The Labute approximate surface area is 165 Å². The lowest BCUT2D eigenvalue weighted by Crippen LogP contribution is -2.47. The molecule has 156 valence electrons. The van der Waals surface area contributed by atoms with Crippen LogP contribution in [0.3, 0.4) is 0 Å². The number of hydrogen-bond acceptors (Lipinski definition) is 7. The molecule has 28 heavy (non-hydrogen) atoms. The van der Waals surface area contributed by atoms with Crippen molar-refractivity contribution in [3.63, 3.8) is 0 Å². The summed E-state index contributed by atoms with van der Waals surface area (Å²) in [6.45, 7) is 1.23. The first kappa shape index (κ1) is 20.8. The maximum atomic E-state index is 13.0. The van der Waals surface area contributed by atoms with Crippen LogP contribution >= 0.6 is 0 Å². The fourth-order valence-corrected chi connectivity index (χ4v) is 5.14. The lowest BCUT2D eigenvalue weighted by molar-refractivity contribution is 0.0421. The molecular weight excluding hydrogens is 388 g/mol. The molecule has 0 radical (unpaired) electrons. The quantitative estimate of drug-likeness (QED) is 0.657. The third-order valence-corrected chi connectivity index (χ3v) is 6.92. The molecule has 2 atom stereocenters. The maximum Gasteiger partial charge on any atom is 0.254 e. The van der Waals surface area contributed by atoms with Gasteiger partial charge in [0, 0.05) is 32.3 Å². The highest BCUT2D eigenvalue weighted by Crippen LogP contribution is 2.30. The summed E-state index contributed by atoms with van der Waals surface area (Å²) < 4.78 is 48.0. The Kier molecular flexibility index (Phi) is 6.43. The SMILES string of the molecule is COCCN1[C@@H]2CN(C(=O)c3ccc(OC)c(OC)c3)C[C@@H]2OCCS1(=O)=O. The van der Waals surface area contributed by atoms with Gasteiger partial charge >= 0.3 is 0 Å². The van der Waals surface area contributed by atoms with Gasteiger partial charge in [-0.3, -0.25) is 4.79 Å². The normalized spacial score (nSPS) is 24.5. The van der Waals surface area contributed by atoms with E-state index in [1.165, 1.54) is 25.6 Å². The number of benzene rings is 1. The maximum absolute atomic E-state index is 13.0. The summed E-state index contributed by atoms with van der Waals surface area (Å²) in [5, 5.41) is 0. The van der Waals surface area contributed by atoms with Crippen molar-refractivity contribution in [3.05, 3.63) is 23.8 Å². The number of rotatable bonds is 6. The molecule has 0 aliphatic carbocycles. The van der Waals surface area contributed by atoms with Crippen molar-refractivity contribution in [1.29, 1.82) is 0 Å². The van der Waals surface area contributed by atoms with Crippen LogP contribution < -0.4 is 9.47 Å². The molecule has 0 N–H and O–H groups in total. The largest absolute Gasteiger partial charge is 0.493 e. The number of hydrogen-bond donors (Lipinski definition) is 0. The highest BCUT2D eigenvalue weighted by Gasteiger charge is 2.45. The summed E-state index contributed by atoms with van der Waals surface area (Å²) in [5.74, 6) is 0.725. The Morgan fingerprint density at radius 3 is 2.61 bits per heavy atom. The molecule has 2 heterocycles. The summed E-state index contributed by atoms with van der Waals surface area (Å²) in [6, 6.07) is 4.53. The van der Waals surface area contributed by atoms with Crippen molar-refractivity contribution in [1.82, 2.24) is 9.21 Å². The highest BCUT2D eigenvalue weighted by atomic mass is 32.2. The Morgan fingerprint density at radius 2 is 1.93 bits per heavy atom. The van der Waals surface area contributed by atoms with E-state index in [0.29, 0.717) is 23.6 Å². The van der Waals surface area contributed by atoms with Gasteiger partial charge in [-0.25, -0.2) is 8.42 Å². The van der Waals surface area contributed by atoms with E-state index in [0.717, 1.165) is 0 Å². The highest BCUT2D eigenvalue weighted by molar-refractivity contribution is 7.89. The molecule has 3 rings (SSSR count). The molecule has 0 spiro atoms. The first-order valence-electron chi connectivity index (χ1n) is 9.02. The van der Waals surface area contributed by atoms with Crippen molar-refractivity contribution in [3.8, 4) is 11.5 Å². The zero-order valence-corrected chi connectivity index (χ0v) is 17.1. The molecule has 1 aromatic carbocycles. The third-order valence-electron chi connectivity index (χ3n) is 5.07. The molecule has 1 aromatic rings. The van der Waals surface area contributed by atoms with Crippen LogP contribution in [0, 0.1) is 0 Å². The number of sulfonamides is 1. The van der Waals surface area contributed by atoms with Gasteiger partial charge in [-0.05, 0) is 18.2 Å². The third kappa shape index (κ3) is 4.09. The topological polar surface area (TPSA) is 94.6 Å². The second kappa shape index (κ2) is 8.64. The van der Waals surface area contributed by atoms with E-state index in [4.69, 9.17) is 18.9 Å². The number of carbonyl (C=O) groups is 1. The lowest BCUT2D eigenvalue weighted by atomic mass is 10.1. The predicted molar refractivity (Wildman–Crippen MR) is 101 cm³/mol. The van der Waals surface area contributed by atoms with Gasteiger partial charge in [0.05, 0.1) is 45.3 Å². The first-order valence-corrected chi connectivity index (χ1v) is 10.6. The van der Waals surface area contributed by atoms with Gasteiger partial charge in [0.2, 0.25) is 10.0 Å². The van der Waals surface area contributed by atoms with E-state index < -0.39 is 16.1 Å². The van der Waals surface area contributed by atoms with Crippen LogP contribution in [0.2, 0.25) is 0 Å². The summed E-state index contributed by atoms with van der Waals surface area (Å²) in [7, 11) is 1.10. The van der Waals surface area contributed by atoms with E-state index in [1.54, 1.807) is 23.1 Å². The minimum absolute atomic E-state index is 0.0622. The minimum Gasteiger partial charge on any atom is -0.493 e. The lowest BCUT2D eigenvalue weighted by Gasteiger charge is -2.27.